The topological polar surface area (TPSA) is 29.5 Å². The standard InChI is InChI=1S/C12H15F3O2/c1-8(7-9(2)16)10-5-3-4-6-11(10)17-12(13,14)15/h3-6,8-9,16H,7H2,1-2H3. The molecule has 2 unspecified atom stereocenters. The van der Waals surface area contributed by atoms with E-state index in [0.29, 0.717) is 12.0 Å². The molecular formula is C12H15F3O2. The summed E-state index contributed by atoms with van der Waals surface area (Å²) in [4.78, 5) is 0. The fraction of sp³-hybridized carbons (Fsp3) is 0.500. The molecule has 0 heterocycles. The monoisotopic (exact) mass is 248 g/mol. The van der Waals surface area contributed by atoms with Gasteiger partial charge in [-0.1, -0.05) is 25.1 Å². The van der Waals surface area contributed by atoms with Crippen molar-refractivity contribution in [2.75, 3.05) is 0 Å². The first kappa shape index (κ1) is 13.8. The van der Waals surface area contributed by atoms with E-state index in [1.165, 1.54) is 12.1 Å². The van der Waals surface area contributed by atoms with Gasteiger partial charge in [0.1, 0.15) is 5.75 Å². The molecule has 1 rings (SSSR count). The predicted molar refractivity (Wildman–Crippen MR) is 57.8 cm³/mol. The molecule has 96 valence electrons. The molecule has 0 saturated carbocycles. The van der Waals surface area contributed by atoms with Crippen molar-refractivity contribution in [1.29, 1.82) is 0 Å². The molecule has 1 aromatic rings. The van der Waals surface area contributed by atoms with Crippen LogP contribution in [-0.4, -0.2) is 17.6 Å². The highest BCUT2D eigenvalue weighted by molar-refractivity contribution is 5.36. The number of para-hydroxylation sites is 1. The molecule has 1 aromatic carbocycles. The highest BCUT2D eigenvalue weighted by atomic mass is 19.4. The largest absolute Gasteiger partial charge is 0.573 e. The summed E-state index contributed by atoms with van der Waals surface area (Å²) >= 11 is 0. The molecule has 0 amide bonds. The summed E-state index contributed by atoms with van der Waals surface area (Å²) in [5.41, 5.74) is 0.450. The van der Waals surface area contributed by atoms with E-state index in [4.69, 9.17) is 0 Å². The first-order valence-electron chi connectivity index (χ1n) is 5.32. The number of halogens is 3. The second kappa shape index (κ2) is 5.40. The van der Waals surface area contributed by atoms with Crippen molar-refractivity contribution in [2.45, 2.75) is 38.7 Å². The number of aliphatic hydroxyl groups excluding tert-OH is 1. The predicted octanol–water partition coefficient (Wildman–Crippen LogP) is 3.46. The molecule has 0 aliphatic heterocycles. The fourth-order valence-corrected chi connectivity index (χ4v) is 1.74. The lowest BCUT2D eigenvalue weighted by Gasteiger charge is -2.18. The summed E-state index contributed by atoms with van der Waals surface area (Å²) in [5, 5.41) is 9.24. The molecular weight excluding hydrogens is 233 g/mol. The van der Waals surface area contributed by atoms with Crippen LogP contribution in [0.3, 0.4) is 0 Å². The Balaban J connectivity index is 2.91. The van der Waals surface area contributed by atoms with Gasteiger partial charge in [0.25, 0.3) is 0 Å². The van der Waals surface area contributed by atoms with Crippen molar-refractivity contribution < 1.29 is 23.0 Å². The average Bonchev–Trinajstić information content (AvgIpc) is 2.14. The molecule has 2 nitrogen and oxygen atoms in total. The minimum absolute atomic E-state index is 0.200. The molecule has 0 saturated heterocycles. The third kappa shape index (κ3) is 4.65. The average molecular weight is 248 g/mol. The van der Waals surface area contributed by atoms with Crippen LogP contribution in [0.2, 0.25) is 0 Å². The second-order valence-electron chi connectivity index (χ2n) is 4.07. The van der Waals surface area contributed by atoms with E-state index in [0.717, 1.165) is 0 Å². The molecule has 0 fully saturated rings. The van der Waals surface area contributed by atoms with Crippen LogP contribution in [0.1, 0.15) is 31.7 Å². The summed E-state index contributed by atoms with van der Waals surface area (Å²) in [7, 11) is 0. The molecule has 0 aliphatic rings. The third-order valence-corrected chi connectivity index (χ3v) is 2.37. The molecule has 0 aromatic heterocycles. The minimum atomic E-state index is -4.69. The van der Waals surface area contributed by atoms with Crippen molar-refractivity contribution in [3.63, 3.8) is 0 Å². The molecule has 5 heteroatoms. The van der Waals surface area contributed by atoms with Crippen LogP contribution in [0.15, 0.2) is 24.3 Å². The second-order valence-corrected chi connectivity index (χ2v) is 4.07. The maximum Gasteiger partial charge on any atom is 0.573 e. The highest BCUT2D eigenvalue weighted by Gasteiger charge is 2.32. The third-order valence-electron chi connectivity index (χ3n) is 2.37. The molecule has 2 atom stereocenters. The Morgan fingerprint density at radius 3 is 2.35 bits per heavy atom. The van der Waals surface area contributed by atoms with Gasteiger partial charge in [-0.15, -0.1) is 13.2 Å². The molecule has 0 aliphatic carbocycles. The first-order chi connectivity index (χ1) is 7.79. The van der Waals surface area contributed by atoms with Gasteiger partial charge in [0.05, 0.1) is 6.10 Å². The van der Waals surface area contributed by atoms with E-state index in [9.17, 15) is 18.3 Å². The van der Waals surface area contributed by atoms with Gasteiger partial charge in [0.2, 0.25) is 0 Å². The van der Waals surface area contributed by atoms with Crippen molar-refractivity contribution >= 4 is 0 Å². The van der Waals surface area contributed by atoms with Crippen LogP contribution in [0.25, 0.3) is 0 Å². The summed E-state index contributed by atoms with van der Waals surface area (Å²) in [6, 6.07) is 5.99. The van der Waals surface area contributed by atoms with Crippen molar-refractivity contribution in [2.24, 2.45) is 0 Å². The van der Waals surface area contributed by atoms with E-state index in [2.05, 4.69) is 4.74 Å². The van der Waals surface area contributed by atoms with Crippen LogP contribution >= 0.6 is 0 Å². The van der Waals surface area contributed by atoms with Crippen LogP contribution in [0.5, 0.6) is 5.75 Å². The van der Waals surface area contributed by atoms with Gasteiger partial charge >= 0.3 is 6.36 Å². The summed E-state index contributed by atoms with van der Waals surface area (Å²) < 4.78 is 40.5. The highest BCUT2D eigenvalue weighted by Crippen LogP contribution is 2.32. The number of rotatable bonds is 4. The number of benzene rings is 1. The van der Waals surface area contributed by atoms with Crippen LogP contribution in [0.4, 0.5) is 13.2 Å². The van der Waals surface area contributed by atoms with E-state index in [-0.39, 0.29) is 11.7 Å². The molecule has 0 bridgehead atoms. The molecule has 1 N–H and O–H groups in total. The van der Waals surface area contributed by atoms with Crippen molar-refractivity contribution in [3.05, 3.63) is 29.8 Å². The minimum Gasteiger partial charge on any atom is -0.405 e. The van der Waals surface area contributed by atoms with Gasteiger partial charge < -0.3 is 9.84 Å². The Labute approximate surface area is 98.0 Å². The van der Waals surface area contributed by atoms with E-state index in [1.807, 2.05) is 0 Å². The van der Waals surface area contributed by atoms with E-state index < -0.39 is 12.5 Å². The lowest BCUT2D eigenvalue weighted by Crippen LogP contribution is -2.19. The number of alkyl halides is 3. The number of hydrogen-bond donors (Lipinski definition) is 1. The molecule has 17 heavy (non-hydrogen) atoms. The van der Waals surface area contributed by atoms with Gasteiger partial charge in [-0.05, 0) is 30.9 Å². The first-order valence-corrected chi connectivity index (χ1v) is 5.32. The Hall–Kier alpha value is -1.23. The van der Waals surface area contributed by atoms with Crippen LogP contribution in [-0.2, 0) is 0 Å². The Morgan fingerprint density at radius 2 is 1.82 bits per heavy atom. The van der Waals surface area contributed by atoms with Gasteiger partial charge in [0.15, 0.2) is 0 Å². The lowest BCUT2D eigenvalue weighted by atomic mass is 9.95. The Kier molecular flexibility index (Phi) is 4.40. The quantitative estimate of drug-likeness (QED) is 0.884. The zero-order chi connectivity index (χ0) is 13.1. The van der Waals surface area contributed by atoms with Crippen LogP contribution < -0.4 is 4.74 Å². The molecule has 0 spiro atoms. The Bertz CT molecular complexity index is 361. The van der Waals surface area contributed by atoms with Crippen molar-refractivity contribution in [3.8, 4) is 5.75 Å². The number of ether oxygens (including phenoxy) is 1. The summed E-state index contributed by atoms with van der Waals surface area (Å²) in [6.07, 6.45) is -4.87. The maximum absolute atomic E-state index is 12.2. The lowest BCUT2D eigenvalue weighted by molar-refractivity contribution is -0.275. The fourth-order valence-electron chi connectivity index (χ4n) is 1.74. The zero-order valence-electron chi connectivity index (χ0n) is 9.66. The number of hydrogen-bond acceptors (Lipinski definition) is 2. The van der Waals surface area contributed by atoms with Crippen LogP contribution in [0, 0.1) is 0 Å². The molecule has 0 radical (unpaired) electrons. The summed E-state index contributed by atoms with van der Waals surface area (Å²) in [6.45, 7) is 3.36. The normalized spacial score (nSPS) is 15.4. The van der Waals surface area contributed by atoms with Gasteiger partial charge in [0, 0.05) is 0 Å². The van der Waals surface area contributed by atoms with E-state index >= 15 is 0 Å². The van der Waals surface area contributed by atoms with Gasteiger partial charge in [-0.3, -0.25) is 0 Å². The van der Waals surface area contributed by atoms with Crippen molar-refractivity contribution in [1.82, 2.24) is 0 Å². The van der Waals surface area contributed by atoms with Gasteiger partial charge in [-0.2, -0.15) is 0 Å². The number of aliphatic hydroxyl groups is 1. The Morgan fingerprint density at radius 1 is 1.24 bits per heavy atom. The summed E-state index contributed by atoms with van der Waals surface area (Å²) in [5.74, 6) is -0.401. The maximum atomic E-state index is 12.2. The SMILES string of the molecule is CC(O)CC(C)c1ccccc1OC(F)(F)F. The smallest absolute Gasteiger partial charge is 0.405 e. The van der Waals surface area contributed by atoms with E-state index in [1.54, 1.807) is 26.0 Å². The van der Waals surface area contributed by atoms with Gasteiger partial charge in [-0.25, -0.2) is 0 Å². The zero-order valence-corrected chi connectivity index (χ0v) is 9.66.